The Morgan fingerprint density at radius 1 is 1.20 bits per heavy atom. The number of hydrogen-bond donors (Lipinski definition) is 1. The average Bonchev–Trinajstić information content (AvgIpc) is 2.54. The number of aryl methyl sites for hydroxylation is 1. The van der Waals surface area contributed by atoms with Crippen LogP contribution in [0.1, 0.15) is 42.7 Å². The van der Waals surface area contributed by atoms with Crippen molar-refractivity contribution in [1.82, 2.24) is 10.2 Å². The molecule has 2 aliphatic rings. The third-order valence-electron chi connectivity index (χ3n) is 4.88. The van der Waals surface area contributed by atoms with Crippen LogP contribution < -0.4 is 5.32 Å². The lowest BCUT2D eigenvalue weighted by atomic mass is 9.82. The number of hydrogen-bond acceptors (Lipinski definition) is 2. The minimum atomic E-state index is 0.103. The first-order chi connectivity index (χ1) is 9.79. The summed E-state index contributed by atoms with van der Waals surface area (Å²) in [6.07, 6.45) is 5.44. The molecule has 1 aromatic carbocycles. The van der Waals surface area contributed by atoms with Crippen LogP contribution in [0.4, 0.5) is 0 Å². The number of nitrogens with one attached hydrogen (secondary N) is 1. The highest BCUT2D eigenvalue weighted by Gasteiger charge is 2.31. The highest BCUT2D eigenvalue weighted by molar-refractivity contribution is 5.84. The fourth-order valence-corrected chi connectivity index (χ4v) is 3.62. The molecular weight excluding hydrogens is 248 g/mol. The predicted octanol–water partition coefficient (Wildman–Crippen LogP) is 2.32. The molecule has 108 valence electrons. The Hall–Kier alpha value is -1.35. The minimum absolute atomic E-state index is 0.103. The third kappa shape index (κ3) is 2.59. The third-order valence-corrected chi connectivity index (χ3v) is 4.88. The zero-order chi connectivity index (χ0) is 13.9. The van der Waals surface area contributed by atoms with Crippen molar-refractivity contribution in [3.63, 3.8) is 0 Å². The molecule has 1 fully saturated rings. The smallest absolute Gasteiger partial charge is 0.230 e. The Labute approximate surface area is 121 Å². The number of amides is 1. The lowest BCUT2D eigenvalue weighted by molar-refractivity contribution is -0.134. The van der Waals surface area contributed by atoms with Crippen LogP contribution >= 0.6 is 0 Å². The topological polar surface area (TPSA) is 32.3 Å². The van der Waals surface area contributed by atoms with E-state index in [1.165, 1.54) is 11.1 Å². The Morgan fingerprint density at radius 2 is 1.95 bits per heavy atom. The number of carbonyl (C=O) groups excluding carboxylic acids is 1. The van der Waals surface area contributed by atoms with Crippen molar-refractivity contribution in [3.8, 4) is 0 Å². The molecule has 1 unspecified atom stereocenters. The van der Waals surface area contributed by atoms with Gasteiger partial charge < -0.3 is 10.2 Å². The van der Waals surface area contributed by atoms with Gasteiger partial charge in [-0.2, -0.15) is 0 Å². The fourth-order valence-electron chi connectivity index (χ4n) is 3.62. The first-order valence-electron chi connectivity index (χ1n) is 7.83. The molecule has 3 nitrogen and oxygen atoms in total. The average molecular weight is 272 g/mol. The Kier molecular flexibility index (Phi) is 4.06. The summed E-state index contributed by atoms with van der Waals surface area (Å²) in [5.74, 6) is 0.456. The van der Waals surface area contributed by atoms with E-state index in [-0.39, 0.29) is 5.92 Å². The van der Waals surface area contributed by atoms with Crippen LogP contribution in [0.2, 0.25) is 0 Å². The van der Waals surface area contributed by atoms with Gasteiger partial charge in [0.15, 0.2) is 0 Å². The predicted molar refractivity (Wildman–Crippen MR) is 80.8 cm³/mol. The van der Waals surface area contributed by atoms with E-state index >= 15 is 0 Å². The monoisotopic (exact) mass is 272 g/mol. The van der Waals surface area contributed by atoms with Crippen LogP contribution in [0.15, 0.2) is 24.3 Å². The molecule has 1 N–H and O–H groups in total. The van der Waals surface area contributed by atoms with E-state index in [4.69, 9.17) is 0 Å². The van der Waals surface area contributed by atoms with Gasteiger partial charge in [-0.25, -0.2) is 0 Å². The largest absolute Gasteiger partial charge is 0.342 e. The molecule has 1 saturated heterocycles. The molecule has 1 amide bonds. The second-order valence-corrected chi connectivity index (χ2v) is 6.03. The molecule has 3 rings (SSSR count). The first-order valence-corrected chi connectivity index (χ1v) is 7.83. The summed E-state index contributed by atoms with van der Waals surface area (Å²) >= 11 is 0. The molecule has 1 aliphatic carbocycles. The molecule has 0 spiro atoms. The van der Waals surface area contributed by atoms with E-state index in [0.29, 0.717) is 11.9 Å². The summed E-state index contributed by atoms with van der Waals surface area (Å²) in [5, 5.41) is 3.32. The van der Waals surface area contributed by atoms with Gasteiger partial charge in [0.25, 0.3) is 0 Å². The second kappa shape index (κ2) is 5.96. The number of rotatable bonds is 2. The van der Waals surface area contributed by atoms with Crippen molar-refractivity contribution in [1.29, 1.82) is 0 Å². The van der Waals surface area contributed by atoms with Gasteiger partial charge in [0.1, 0.15) is 0 Å². The summed E-state index contributed by atoms with van der Waals surface area (Å²) in [4.78, 5) is 14.9. The van der Waals surface area contributed by atoms with Gasteiger partial charge in [-0.15, -0.1) is 0 Å². The van der Waals surface area contributed by atoms with E-state index < -0.39 is 0 Å². The maximum absolute atomic E-state index is 12.8. The lowest BCUT2D eigenvalue weighted by Crippen LogP contribution is -2.45. The van der Waals surface area contributed by atoms with E-state index in [1.54, 1.807) is 0 Å². The number of benzene rings is 1. The Bertz CT molecular complexity index is 478. The summed E-state index contributed by atoms with van der Waals surface area (Å²) in [7, 11) is 2.01. The molecule has 1 aliphatic heterocycles. The highest BCUT2D eigenvalue weighted by atomic mass is 16.2. The molecule has 0 bridgehead atoms. The van der Waals surface area contributed by atoms with Crippen molar-refractivity contribution in [2.75, 3.05) is 20.1 Å². The summed E-state index contributed by atoms with van der Waals surface area (Å²) in [6, 6.07) is 9.07. The number of carbonyl (C=O) groups is 1. The van der Waals surface area contributed by atoms with Gasteiger partial charge in [0.2, 0.25) is 5.91 Å². The number of fused-ring (bicyclic) bond motifs is 1. The minimum Gasteiger partial charge on any atom is -0.342 e. The van der Waals surface area contributed by atoms with Gasteiger partial charge in [-0.05, 0) is 50.3 Å². The normalized spacial score (nSPS) is 23.4. The molecule has 3 heteroatoms. The number of nitrogens with zero attached hydrogens (tertiary/aromatic N) is 1. The van der Waals surface area contributed by atoms with E-state index in [1.807, 2.05) is 7.05 Å². The van der Waals surface area contributed by atoms with Crippen molar-refractivity contribution >= 4 is 5.91 Å². The van der Waals surface area contributed by atoms with Gasteiger partial charge in [-0.1, -0.05) is 24.3 Å². The highest BCUT2D eigenvalue weighted by Crippen LogP contribution is 2.33. The first kappa shape index (κ1) is 13.6. The quantitative estimate of drug-likeness (QED) is 0.896. The molecule has 0 aromatic heterocycles. The van der Waals surface area contributed by atoms with Gasteiger partial charge in [0.05, 0.1) is 5.92 Å². The van der Waals surface area contributed by atoms with Crippen LogP contribution in [-0.2, 0) is 11.2 Å². The molecule has 1 atom stereocenters. The molecule has 0 radical (unpaired) electrons. The van der Waals surface area contributed by atoms with Crippen molar-refractivity contribution < 1.29 is 4.79 Å². The van der Waals surface area contributed by atoms with Crippen molar-refractivity contribution in [3.05, 3.63) is 35.4 Å². The standard InChI is InChI=1S/C17H24N2O/c1-18-14-9-11-19(12-10-14)17(20)16-8-4-6-13-5-2-3-7-15(13)16/h2-3,5,7,14,16,18H,4,6,8-12H2,1H3. The van der Waals surface area contributed by atoms with Crippen molar-refractivity contribution in [2.45, 2.75) is 44.1 Å². The lowest BCUT2D eigenvalue weighted by Gasteiger charge is -2.35. The Balaban J connectivity index is 1.72. The van der Waals surface area contributed by atoms with Gasteiger partial charge in [0, 0.05) is 19.1 Å². The molecule has 1 heterocycles. The second-order valence-electron chi connectivity index (χ2n) is 6.03. The Morgan fingerprint density at radius 3 is 2.70 bits per heavy atom. The molecular formula is C17H24N2O. The maximum atomic E-state index is 12.8. The van der Waals surface area contributed by atoms with Crippen LogP contribution in [0.25, 0.3) is 0 Å². The van der Waals surface area contributed by atoms with Crippen LogP contribution in [0, 0.1) is 0 Å². The zero-order valence-corrected chi connectivity index (χ0v) is 12.3. The maximum Gasteiger partial charge on any atom is 0.230 e. The SMILES string of the molecule is CNC1CCN(C(=O)C2CCCc3ccccc32)CC1. The summed E-state index contributed by atoms with van der Waals surface area (Å²) in [6.45, 7) is 1.81. The van der Waals surface area contributed by atoms with Crippen molar-refractivity contribution in [2.24, 2.45) is 0 Å². The van der Waals surface area contributed by atoms with Gasteiger partial charge >= 0.3 is 0 Å². The molecule has 0 saturated carbocycles. The van der Waals surface area contributed by atoms with Crippen LogP contribution in [-0.4, -0.2) is 37.0 Å². The fraction of sp³-hybridized carbons (Fsp3) is 0.588. The van der Waals surface area contributed by atoms with Crippen LogP contribution in [0.5, 0.6) is 0 Å². The van der Waals surface area contributed by atoms with Crippen LogP contribution in [0.3, 0.4) is 0 Å². The van der Waals surface area contributed by atoms with E-state index in [9.17, 15) is 4.79 Å². The van der Waals surface area contributed by atoms with E-state index in [2.05, 4.69) is 34.5 Å². The number of piperidine rings is 1. The molecule has 20 heavy (non-hydrogen) atoms. The van der Waals surface area contributed by atoms with Gasteiger partial charge in [-0.3, -0.25) is 4.79 Å². The zero-order valence-electron chi connectivity index (χ0n) is 12.3. The summed E-state index contributed by atoms with van der Waals surface area (Å²) in [5.41, 5.74) is 2.65. The van der Waals surface area contributed by atoms with E-state index in [0.717, 1.165) is 45.2 Å². The number of likely N-dealkylation sites (tertiary alicyclic amines) is 1. The molecule has 1 aromatic rings. The summed E-state index contributed by atoms with van der Waals surface area (Å²) < 4.78 is 0.